The van der Waals surface area contributed by atoms with Gasteiger partial charge in [-0.1, -0.05) is 72.8 Å². The predicted octanol–water partition coefficient (Wildman–Crippen LogP) is 6.54. The number of methoxy groups -OCH3 is 1. The molecule has 6 rings (SSSR count). The van der Waals surface area contributed by atoms with E-state index >= 15 is 0 Å². The van der Waals surface area contributed by atoms with E-state index < -0.39 is 5.92 Å². The number of ketones is 1. The first kappa shape index (κ1) is 27.3. The summed E-state index contributed by atoms with van der Waals surface area (Å²) in [6.07, 6.45) is 5.69. The molecule has 2 heterocycles. The van der Waals surface area contributed by atoms with Crippen LogP contribution in [0.1, 0.15) is 37.0 Å². The van der Waals surface area contributed by atoms with E-state index in [0.29, 0.717) is 42.3 Å². The second kappa shape index (κ2) is 11.6. The number of ether oxygens (including phenoxy) is 5. The zero-order valence-corrected chi connectivity index (χ0v) is 23.7. The molecule has 212 valence electrons. The van der Waals surface area contributed by atoms with Crippen LogP contribution in [-0.4, -0.2) is 36.8 Å². The zero-order valence-electron chi connectivity index (χ0n) is 23.7. The SMILES string of the molecule is COC1CC2OC(C)(C)C=CC2C2OC=C(c3ccc(OCc4ccccc4)cc3OCc3ccccc3)C(=O)C12. The maximum Gasteiger partial charge on any atom is 0.176 e. The smallest absolute Gasteiger partial charge is 0.176 e. The summed E-state index contributed by atoms with van der Waals surface area (Å²) in [5.41, 5.74) is 2.88. The topological polar surface area (TPSA) is 63.2 Å². The van der Waals surface area contributed by atoms with Crippen molar-refractivity contribution in [2.45, 2.75) is 57.4 Å². The fraction of sp³-hybridized carbons (Fsp3) is 0.343. The molecule has 0 bridgehead atoms. The maximum atomic E-state index is 14.2. The minimum absolute atomic E-state index is 0.00713. The third-order valence-electron chi connectivity index (χ3n) is 8.15. The van der Waals surface area contributed by atoms with Gasteiger partial charge in [0.05, 0.1) is 35.6 Å². The van der Waals surface area contributed by atoms with Crippen LogP contribution in [0.25, 0.3) is 5.57 Å². The van der Waals surface area contributed by atoms with Crippen molar-refractivity contribution in [3.63, 3.8) is 0 Å². The summed E-state index contributed by atoms with van der Waals surface area (Å²) in [5, 5.41) is 0. The van der Waals surface area contributed by atoms with E-state index in [2.05, 4.69) is 12.2 Å². The van der Waals surface area contributed by atoms with Crippen LogP contribution in [0.3, 0.4) is 0 Å². The van der Waals surface area contributed by atoms with Crippen molar-refractivity contribution < 1.29 is 28.5 Å². The number of Topliss-reactive ketones (excluding diaryl/α,β-unsaturated/α-hetero) is 1. The van der Waals surface area contributed by atoms with Crippen molar-refractivity contribution in [2.24, 2.45) is 11.8 Å². The van der Waals surface area contributed by atoms with Crippen molar-refractivity contribution in [3.05, 3.63) is 114 Å². The Kier molecular flexibility index (Phi) is 7.69. The van der Waals surface area contributed by atoms with Gasteiger partial charge in [0.1, 0.15) is 30.8 Å². The lowest BCUT2D eigenvalue weighted by Gasteiger charge is -2.49. The first-order valence-corrected chi connectivity index (χ1v) is 14.2. The molecule has 5 unspecified atom stereocenters. The Hall–Kier alpha value is -3.87. The summed E-state index contributed by atoms with van der Waals surface area (Å²) in [6, 6.07) is 25.6. The molecule has 1 fully saturated rings. The van der Waals surface area contributed by atoms with Gasteiger partial charge >= 0.3 is 0 Å². The number of carbonyl (C=O) groups is 1. The molecular formula is C35H36O6. The molecule has 3 aromatic carbocycles. The molecule has 3 aliphatic rings. The third-order valence-corrected chi connectivity index (χ3v) is 8.15. The molecular weight excluding hydrogens is 516 g/mol. The van der Waals surface area contributed by atoms with Crippen LogP contribution < -0.4 is 9.47 Å². The number of fused-ring (bicyclic) bond motifs is 3. The first-order valence-electron chi connectivity index (χ1n) is 14.2. The van der Waals surface area contributed by atoms with Crippen LogP contribution in [0.4, 0.5) is 0 Å². The van der Waals surface area contributed by atoms with Crippen molar-refractivity contribution in [1.82, 2.24) is 0 Å². The molecule has 0 saturated heterocycles. The fourth-order valence-corrected chi connectivity index (χ4v) is 6.05. The molecule has 0 spiro atoms. The van der Waals surface area contributed by atoms with Crippen molar-refractivity contribution in [1.29, 1.82) is 0 Å². The predicted molar refractivity (Wildman–Crippen MR) is 156 cm³/mol. The van der Waals surface area contributed by atoms with Gasteiger partial charge in [-0.2, -0.15) is 0 Å². The van der Waals surface area contributed by atoms with E-state index in [-0.39, 0.29) is 35.6 Å². The quantitative estimate of drug-likeness (QED) is 0.296. The summed E-state index contributed by atoms with van der Waals surface area (Å²) >= 11 is 0. The molecule has 0 N–H and O–H groups in total. The van der Waals surface area contributed by atoms with Crippen molar-refractivity contribution in [3.8, 4) is 11.5 Å². The highest BCUT2D eigenvalue weighted by atomic mass is 16.5. The third kappa shape index (κ3) is 5.81. The van der Waals surface area contributed by atoms with Crippen LogP contribution in [0, 0.1) is 11.8 Å². The first-order chi connectivity index (χ1) is 19.9. The van der Waals surface area contributed by atoms with Gasteiger partial charge in [-0.15, -0.1) is 0 Å². The van der Waals surface area contributed by atoms with E-state index in [1.807, 2.05) is 92.7 Å². The van der Waals surface area contributed by atoms with Crippen LogP contribution in [0.15, 0.2) is 97.3 Å². The van der Waals surface area contributed by atoms with Crippen LogP contribution in [0.5, 0.6) is 11.5 Å². The number of allylic oxidation sites excluding steroid dienone is 1. The molecule has 3 aromatic rings. The molecule has 0 radical (unpaired) electrons. The van der Waals surface area contributed by atoms with Crippen LogP contribution in [0.2, 0.25) is 0 Å². The molecule has 41 heavy (non-hydrogen) atoms. The summed E-state index contributed by atoms with van der Waals surface area (Å²) in [7, 11) is 1.66. The zero-order chi connectivity index (χ0) is 28.4. The molecule has 0 amide bonds. The molecule has 1 saturated carbocycles. The Morgan fingerprint density at radius 1 is 0.902 bits per heavy atom. The van der Waals surface area contributed by atoms with Crippen molar-refractivity contribution in [2.75, 3.05) is 7.11 Å². The molecule has 6 nitrogen and oxygen atoms in total. The Morgan fingerprint density at radius 2 is 1.59 bits per heavy atom. The summed E-state index contributed by atoms with van der Waals surface area (Å²) in [4.78, 5) is 14.2. The normalized spacial score (nSPS) is 26.3. The second-order valence-corrected chi connectivity index (χ2v) is 11.4. The number of hydrogen-bond donors (Lipinski definition) is 0. The second-order valence-electron chi connectivity index (χ2n) is 11.4. The van der Waals surface area contributed by atoms with E-state index in [1.165, 1.54) is 0 Å². The fourth-order valence-electron chi connectivity index (χ4n) is 6.05. The van der Waals surface area contributed by atoms with Gasteiger partial charge in [-0.25, -0.2) is 0 Å². The molecule has 1 aliphatic carbocycles. The van der Waals surface area contributed by atoms with Gasteiger partial charge in [0.15, 0.2) is 5.78 Å². The average molecular weight is 553 g/mol. The Balaban J connectivity index is 1.30. The summed E-state index contributed by atoms with van der Waals surface area (Å²) in [5.74, 6) is 0.736. The molecule has 5 atom stereocenters. The largest absolute Gasteiger partial charge is 0.496 e. The van der Waals surface area contributed by atoms with Gasteiger partial charge in [0.2, 0.25) is 0 Å². The minimum Gasteiger partial charge on any atom is -0.496 e. The highest BCUT2D eigenvalue weighted by Gasteiger charge is 2.53. The van der Waals surface area contributed by atoms with E-state index in [0.717, 1.165) is 11.1 Å². The van der Waals surface area contributed by atoms with Gasteiger partial charge in [-0.05, 0) is 37.1 Å². The van der Waals surface area contributed by atoms with Gasteiger partial charge < -0.3 is 23.7 Å². The van der Waals surface area contributed by atoms with E-state index in [9.17, 15) is 4.79 Å². The number of benzene rings is 3. The highest BCUT2D eigenvalue weighted by molar-refractivity contribution is 6.23. The Morgan fingerprint density at radius 3 is 2.27 bits per heavy atom. The molecule has 6 heteroatoms. The lowest BCUT2D eigenvalue weighted by Crippen LogP contribution is -2.57. The molecule has 0 aromatic heterocycles. The minimum atomic E-state index is -0.452. The Bertz CT molecular complexity index is 1430. The van der Waals surface area contributed by atoms with Crippen LogP contribution in [-0.2, 0) is 32.2 Å². The van der Waals surface area contributed by atoms with Gasteiger partial charge in [0.25, 0.3) is 0 Å². The summed E-state index contributed by atoms with van der Waals surface area (Å²) < 4.78 is 31.0. The lowest BCUT2D eigenvalue weighted by atomic mass is 9.69. The van der Waals surface area contributed by atoms with E-state index in [4.69, 9.17) is 23.7 Å². The highest BCUT2D eigenvalue weighted by Crippen LogP contribution is 2.46. The number of carbonyl (C=O) groups excluding carboxylic acids is 1. The van der Waals surface area contributed by atoms with Crippen LogP contribution >= 0.6 is 0 Å². The summed E-state index contributed by atoms with van der Waals surface area (Å²) in [6.45, 7) is 4.87. The average Bonchev–Trinajstić information content (AvgIpc) is 2.99. The van der Waals surface area contributed by atoms with Crippen molar-refractivity contribution >= 4 is 11.4 Å². The monoisotopic (exact) mass is 552 g/mol. The maximum absolute atomic E-state index is 14.2. The Labute approximate surface area is 241 Å². The number of hydrogen-bond acceptors (Lipinski definition) is 6. The molecule has 2 aliphatic heterocycles. The van der Waals surface area contributed by atoms with Gasteiger partial charge in [-0.3, -0.25) is 4.79 Å². The standard InChI is InChI=1S/C35H36O6/c1-35(2)17-16-27-30(41-35)19-31(37-3)32-33(36)28(22-40-34(27)32)26-15-14-25(38-20-23-10-6-4-7-11-23)18-29(26)39-21-24-12-8-5-9-13-24/h4-18,22,27,30-32,34H,19-21H2,1-3H3. The lowest BCUT2D eigenvalue weighted by molar-refractivity contribution is -0.173. The van der Waals surface area contributed by atoms with E-state index in [1.54, 1.807) is 13.4 Å². The number of rotatable bonds is 8. The van der Waals surface area contributed by atoms with Gasteiger partial charge in [0, 0.05) is 31.1 Å².